The Morgan fingerprint density at radius 2 is 1.60 bits per heavy atom. The molecule has 0 N–H and O–H groups in total. The van der Waals surface area contributed by atoms with Gasteiger partial charge < -0.3 is 13.7 Å². The maximum atomic E-state index is 8.54. The lowest BCUT2D eigenvalue weighted by molar-refractivity contribution is 0.420. The Labute approximate surface area is 242 Å². The summed E-state index contributed by atoms with van der Waals surface area (Å²) in [6.07, 6.45) is 0. The number of benzene rings is 6. The maximum Gasteiger partial charge on any atom is 0.136 e. The number of hydrogen-bond acceptors (Lipinski definition) is 2. The van der Waals surface area contributed by atoms with Crippen LogP contribution >= 0.6 is 11.6 Å². The first-order chi connectivity index (χ1) is 21.7. The van der Waals surface area contributed by atoms with Crippen molar-refractivity contribution in [2.75, 3.05) is 7.11 Å². The predicted molar refractivity (Wildman–Crippen MR) is 167 cm³/mol. The summed E-state index contributed by atoms with van der Waals surface area (Å²) in [4.78, 5) is 0. The number of halogens is 1. The van der Waals surface area contributed by atoms with E-state index in [1.165, 1.54) is 0 Å². The van der Waals surface area contributed by atoms with Crippen LogP contribution in [0.2, 0.25) is 5.02 Å². The van der Waals surface area contributed by atoms with Gasteiger partial charge in [0.25, 0.3) is 0 Å². The predicted octanol–water partition coefficient (Wildman–Crippen LogP) is 10.5. The first-order valence-electron chi connectivity index (χ1n) is 15.4. The van der Waals surface area contributed by atoms with Gasteiger partial charge in [0.05, 0.1) is 35.4 Å². The van der Waals surface area contributed by atoms with Crippen molar-refractivity contribution in [3.63, 3.8) is 0 Å². The lowest BCUT2D eigenvalue weighted by atomic mass is 10.0. The van der Waals surface area contributed by atoms with E-state index in [1.807, 2.05) is 18.2 Å². The largest absolute Gasteiger partial charge is 0.496 e. The van der Waals surface area contributed by atoms with Gasteiger partial charge in [0.1, 0.15) is 16.9 Å². The van der Waals surface area contributed by atoms with Crippen LogP contribution in [0, 0.1) is 6.92 Å². The van der Waals surface area contributed by atoms with Gasteiger partial charge in [-0.3, -0.25) is 0 Å². The van der Waals surface area contributed by atoms with E-state index >= 15 is 0 Å². The summed E-state index contributed by atoms with van der Waals surface area (Å²) in [5, 5.41) is 6.28. The maximum absolute atomic E-state index is 8.54. The molecule has 2 aromatic heterocycles. The summed E-state index contributed by atoms with van der Waals surface area (Å²) in [7, 11) is 1.60. The highest BCUT2D eigenvalue weighted by Gasteiger charge is 2.20. The zero-order valence-electron chi connectivity index (χ0n) is 26.6. The van der Waals surface area contributed by atoms with Crippen molar-refractivity contribution in [1.82, 2.24) is 4.57 Å². The number of furan rings is 1. The molecule has 0 unspecified atom stereocenters. The van der Waals surface area contributed by atoms with Crippen molar-refractivity contribution in [3.8, 4) is 22.6 Å². The van der Waals surface area contributed by atoms with Gasteiger partial charge in [-0.15, -0.1) is 0 Å². The minimum atomic E-state index is -0.425. The van der Waals surface area contributed by atoms with Crippen LogP contribution < -0.4 is 4.74 Å². The average Bonchev–Trinajstić information content (AvgIpc) is 3.57. The number of aromatic nitrogens is 1. The van der Waals surface area contributed by atoms with Crippen molar-refractivity contribution in [3.05, 3.63) is 120 Å². The quantitative estimate of drug-likeness (QED) is 0.222. The molecule has 3 nitrogen and oxygen atoms in total. The first kappa shape index (κ1) is 18.5. The van der Waals surface area contributed by atoms with Crippen LogP contribution in [0.15, 0.2) is 113 Å². The van der Waals surface area contributed by atoms with Gasteiger partial charge in [-0.2, -0.15) is 0 Å². The third-order valence-corrected chi connectivity index (χ3v) is 7.96. The molecule has 0 aliphatic carbocycles. The molecule has 0 atom stereocenters. The van der Waals surface area contributed by atoms with E-state index in [1.54, 1.807) is 19.2 Å². The van der Waals surface area contributed by atoms with Gasteiger partial charge in [-0.25, -0.2) is 0 Å². The number of nitrogens with zero attached hydrogens (tertiary/aromatic N) is 1. The molecule has 0 bridgehead atoms. The van der Waals surface area contributed by atoms with Gasteiger partial charge in [0, 0.05) is 21.8 Å². The van der Waals surface area contributed by atoms with Crippen LogP contribution in [-0.4, -0.2) is 11.7 Å². The molecule has 0 radical (unpaired) electrons. The number of rotatable bonds is 3. The SMILES string of the molecule is [2H]c1c([2H])c([2H])c(-c2ccc3c(c2)c2c(OC)ccc(Cl)c2n3-c2ccc3cc4c(cc3c2)oc2cc(C)ccc24)c([2H])c1[2H]. The van der Waals surface area contributed by atoms with Gasteiger partial charge >= 0.3 is 0 Å². The molecule has 0 spiro atoms. The normalized spacial score (nSPS) is 13.6. The van der Waals surface area contributed by atoms with Crippen LogP contribution in [-0.2, 0) is 0 Å². The first-order valence-corrected chi connectivity index (χ1v) is 13.3. The zero-order valence-corrected chi connectivity index (χ0v) is 22.4. The molecule has 0 saturated carbocycles. The van der Waals surface area contributed by atoms with Gasteiger partial charge in [0.15, 0.2) is 0 Å². The minimum absolute atomic E-state index is 0.139. The smallest absolute Gasteiger partial charge is 0.136 e. The third kappa shape index (κ3) is 3.38. The van der Waals surface area contributed by atoms with Crippen molar-refractivity contribution in [2.24, 2.45) is 0 Å². The second kappa shape index (κ2) is 8.64. The van der Waals surface area contributed by atoms with Crippen molar-refractivity contribution in [1.29, 1.82) is 0 Å². The molecular weight excluding hydrogens is 514 g/mol. The Hall–Kier alpha value is -4.73. The highest BCUT2D eigenvalue weighted by atomic mass is 35.5. The molecule has 0 saturated heterocycles. The fraction of sp³-hybridized carbons (Fsp3) is 0.0556. The molecule has 4 heteroatoms. The van der Waals surface area contributed by atoms with Crippen LogP contribution in [0.3, 0.4) is 0 Å². The van der Waals surface area contributed by atoms with E-state index in [2.05, 4.69) is 60.0 Å². The monoisotopic (exact) mass is 542 g/mol. The fourth-order valence-corrected chi connectivity index (χ4v) is 6.06. The summed E-state index contributed by atoms with van der Waals surface area (Å²) < 4.78 is 55.6. The molecule has 0 aliphatic heterocycles. The summed E-state index contributed by atoms with van der Waals surface area (Å²) >= 11 is 6.91. The summed E-state index contributed by atoms with van der Waals surface area (Å²) in [5.74, 6) is 0.608. The molecule has 192 valence electrons. The Morgan fingerprint density at radius 1 is 0.750 bits per heavy atom. The van der Waals surface area contributed by atoms with Crippen LogP contribution in [0.5, 0.6) is 5.75 Å². The summed E-state index contributed by atoms with van der Waals surface area (Å²) in [5.41, 5.74) is 5.89. The molecule has 2 heterocycles. The molecule has 8 aromatic rings. The molecule has 0 fully saturated rings. The lowest BCUT2D eigenvalue weighted by Crippen LogP contribution is -1.95. The van der Waals surface area contributed by atoms with E-state index in [0.29, 0.717) is 16.3 Å². The van der Waals surface area contributed by atoms with E-state index in [-0.39, 0.29) is 29.7 Å². The second-order valence-electron chi connectivity index (χ2n) is 10.0. The van der Waals surface area contributed by atoms with Gasteiger partial charge in [-0.1, -0.05) is 66.1 Å². The van der Waals surface area contributed by atoms with Crippen molar-refractivity contribution < 1.29 is 16.0 Å². The zero-order chi connectivity index (χ0) is 31.3. The lowest BCUT2D eigenvalue weighted by Gasteiger charge is -2.11. The minimum Gasteiger partial charge on any atom is -0.496 e. The highest BCUT2D eigenvalue weighted by Crippen LogP contribution is 2.43. The van der Waals surface area contributed by atoms with Gasteiger partial charge in [-0.05, 0) is 89.0 Å². The van der Waals surface area contributed by atoms with E-state index in [4.69, 9.17) is 27.6 Å². The highest BCUT2D eigenvalue weighted by molar-refractivity contribution is 6.37. The van der Waals surface area contributed by atoms with Crippen LogP contribution in [0.25, 0.3) is 71.3 Å². The summed E-state index contributed by atoms with van der Waals surface area (Å²) in [6.45, 7) is 2.05. The third-order valence-electron chi connectivity index (χ3n) is 7.66. The fourth-order valence-electron chi connectivity index (χ4n) is 5.82. The standard InChI is InChI=1S/C36H24ClNO2/c1-21-8-12-27-28-18-24-9-11-26(17-25(24)20-34(28)40-33(27)16-21)38-31-14-10-23(22-6-4-3-5-7-22)19-29(31)35-32(39-2)15-13-30(37)36(35)38/h3-20H,1-2H3/i3D,4D,5D,6D,7D. The Balaban J connectivity index is 1.41. The molecule has 40 heavy (non-hydrogen) atoms. The van der Waals surface area contributed by atoms with E-state index in [0.717, 1.165) is 65.8 Å². The van der Waals surface area contributed by atoms with Crippen LogP contribution in [0.1, 0.15) is 12.4 Å². The number of hydrogen-bond donors (Lipinski definition) is 0. The van der Waals surface area contributed by atoms with Crippen LogP contribution in [0.4, 0.5) is 0 Å². The average molecular weight is 543 g/mol. The topological polar surface area (TPSA) is 27.3 Å². The number of aryl methyl sites for hydroxylation is 1. The van der Waals surface area contributed by atoms with Crippen molar-refractivity contribution in [2.45, 2.75) is 6.92 Å². The summed E-state index contributed by atoms with van der Waals surface area (Å²) in [6, 6.07) is 24.2. The van der Waals surface area contributed by atoms with Crippen molar-refractivity contribution >= 4 is 66.1 Å². The molecule has 0 amide bonds. The van der Waals surface area contributed by atoms with E-state index in [9.17, 15) is 0 Å². The van der Waals surface area contributed by atoms with E-state index < -0.39 is 6.04 Å². The Morgan fingerprint density at radius 3 is 2.45 bits per heavy atom. The molecule has 6 aromatic carbocycles. The second-order valence-corrected chi connectivity index (χ2v) is 10.4. The van der Waals surface area contributed by atoms with Gasteiger partial charge in [0.2, 0.25) is 0 Å². The number of fused-ring (bicyclic) bond motifs is 7. The Kier molecular flexibility index (Phi) is 4.00. The molecule has 8 rings (SSSR count). The number of methoxy groups -OCH3 is 1. The number of ether oxygens (including phenoxy) is 1. The molecular formula is C36H24ClNO2. The molecule has 0 aliphatic rings. The Bertz CT molecular complexity index is 2540.